The molecular weight excluding hydrogens is 296 g/mol. The first-order valence-corrected chi connectivity index (χ1v) is 9.95. The van der Waals surface area contributed by atoms with E-state index < -0.39 is 0 Å². The standard InChI is InChI=1S/C22H32O2/c1-4-22(5-2)13-19(24)21(3)11-10-17-16-9-7-15(23)12-14(16)6-8-18(17)20(21)22/h7,9,12,17-20,23-24H,4-6,8,10-11,13H2,1-3H3/t17-,18-,19+,20+,21-/m1/s1. The Morgan fingerprint density at radius 1 is 1.17 bits per heavy atom. The molecule has 2 heteroatoms. The van der Waals surface area contributed by atoms with Crippen molar-refractivity contribution in [3.05, 3.63) is 29.3 Å². The maximum Gasteiger partial charge on any atom is 0.115 e. The molecule has 3 aliphatic carbocycles. The quantitative estimate of drug-likeness (QED) is 0.800. The number of aliphatic hydroxyl groups excluding tert-OH is 1. The largest absolute Gasteiger partial charge is 0.508 e. The normalized spacial score (nSPS) is 39.8. The monoisotopic (exact) mass is 328 g/mol. The number of phenolic OH excluding ortho intramolecular Hbond substituents is 1. The highest BCUT2D eigenvalue weighted by Gasteiger charge is 2.63. The summed E-state index contributed by atoms with van der Waals surface area (Å²) in [5.74, 6) is 2.35. The van der Waals surface area contributed by atoms with E-state index in [0.29, 0.717) is 28.9 Å². The van der Waals surface area contributed by atoms with Gasteiger partial charge in [-0.1, -0.05) is 39.7 Å². The number of fused-ring (bicyclic) bond motifs is 5. The Labute approximate surface area is 146 Å². The van der Waals surface area contributed by atoms with Crippen LogP contribution in [0.5, 0.6) is 5.75 Å². The first-order chi connectivity index (χ1) is 11.4. The second kappa shape index (κ2) is 5.49. The molecule has 2 nitrogen and oxygen atoms in total. The summed E-state index contributed by atoms with van der Waals surface area (Å²) in [6.45, 7) is 7.04. The highest BCUT2D eigenvalue weighted by atomic mass is 16.3. The van der Waals surface area contributed by atoms with E-state index in [4.69, 9.17) is 0 Å². The minimum atomic E-state index is -0.135. The van der Waals surface area contributed by atoms with Gasteiger partial charge in [-0.3, -0.25) is 0 Å². The van der Waals surface area contributed by atoms with Crippen LogP contribution in [0.3, 0.4) is 0 Å². The van der Waals surface area contributed by atoms with Crippen molar-refractivity contribution < 1.29 is 10.2 Å². The van der Waals surface area contributed by atoms with Crippen molar-refractivity contribution in [2.75, 3.05) is 0 Å². The van der Waals surface area contributed by atoms with Crippen molar-refractivity contribution in [3.63, 3.8) is 0 Å². The van der Waals surface area contributed by atoms with Crippen LogP contribution in [0.1, 0.15) is 76.3 Å². The molecule has 3 aliphatic rings. The molecule has 2 fully saturated rings. The number of aliphatic hydroxyl groups is 1. The second-order valence-electron chi connectivity index (χ2n) is 9.00. The van der Waals surface area contributed by atoms with Gasteiger partial charge in [-0.15, -0.1) is 0 Å². The van der Waals surface area contributed by atoms with E-state index in [1.807, 2.05) is 12.1 Å². The van der Waals surface area contributed by atoms with Gasteiger partial charge >= 0.3 is 0 Å². The van der Waals surface area contributed by atoms with Gasteiger partial charge in [0, 0.05) is 0 Å². The van der Waals surface area contributed by atoms with E-state index >= 15 is 0 Å². The molecule has 24 heavy (non-hydrogen) atoms. The van der Waals surface area contributed by atoms with Gasteiger partial charge in [-0.25, -0.2) is 0 Å². The molecule has 0 bridgehead atoms. The topological polar surface area (TPSA) is 40.5 Å². The zero-order chi connectivity index (χ0) is 17.1. The molecule has 2 N–H and O–H groups in total. The third-order valence-electron chi connectivity index (χ3n) is 8.35. The van der Waals surface area contributed by atoms with Crippen LogP contribution < -0.4 is 0 Å². The highest BCUT2D eigenvalue weighted by molar-refractivity contribution is 5.40. The van der Waals surface area contributed by atoms with Crippen molar-refractivity contribution in [2.45, 2.75) is 77.7 Å². The van der Waals surface area contributed by atoms with Gasteiger partial charge in [0.25, 0.3) is 0 Å². The summed E-state index contributed by atoms with van der Waals surface area (Å²) in [5.41, 5.74) is 3.25. The third-order valence-corrected chi connectivity index (χ3v) is 8.35. The van der Waals surface area contributed by atoms with E-state index in [0.717, 1.165) is 19.3 Å². The number of aromatic hydroxyl groups is 1. The molecule has 0 amide bonds. The minimum absolute atomic E-state index is 0.0988. The number of rotatable bonds is 2. The predicted molar refractivity (Wildman–Crippen MR) is 97.1 cm³/mol. The van der Waals surface area contributed by atoms with Gasteiger partial charge in [0.15, 0.2) is 0 Å². The number of aryl methyl sites for hydroxylation is 1. The Hall–Kier alpha value is -1.02. The zero-order valence-corrected chi connectivity index (χ0v) is 15.4. The van der Waals surface area contributed by atoms with E-state index in [2.05, 4.69) is 26.8 Å². The summed E-state index contributed by atoms with van der Waals surface area (Å²) in [4.78, 5) is 0. The first-order valence-electron chi connectivity index (χ1n) is 9.95. The van der Waals surface area contributed by atoms with Crippen molar-refractivity contribution in [2.24, 2.45) is 22.7 Å². The molecule has 5 atom stereocenters. The van der Waals surface area contributed by atoms with Crippen LogP contribution >= 0.6 is 0 Å². The Bertz CT molecular complexity index is 633. The van der Waals surface area contributed by atoms with E-state index in [9.17, 15) is 10.2 Å². The Morgan fingerprint density at radius 2 is 1.92 bits per heavy atom. The van der Waals surface area contributed by atoms with Crippen LogP contribution in [-0.4, -0.2) is 16.3 Å². The lowest BCUT2D eigenvalue weighted by Gasteiger charge is -2.54. The number of benzene rings is 1. The van der Waals surface area contributed by atoms with Crippen LogP contribution in [0.15, 0.2) is 18.2 Å². The van der Waals surface area contributed by atoms with Crippen LogP contribution in [0.2, 0.25) is 0 Å². The third kappa shape index (κ3) is 2.05. The SMILES string of the molecule is CCC1(CC)C[C@H](O)[C@@]2(C)CC[C@@H]3c4ccc(O)cc4CC[C@H]3[C@H]12. The van der Waals surface area contributed by atoms with Gasteiger partial charge in [0.1, 0.15) is 5.75 Å². The molecule has 0 aromatic heterocycles. The summed E-state index contributed by atoms with van der Waals surface area (Å²) in [7, 11) is 0. The molecule has 1 aromatic carbocycles. The van der Waals surface area contributed by atoms with Crippen molar-refractivity contribution >= 4 is 0 Å². The molecule has 0 unspecified atom stereocenters. The minimum Gasteiger partial charge on any atom is -0.508 e. The van der Waals surface area contributed by atoms with Crippen molar-refractivity contribution in [3.8, 4) is 5.75 Å². The summed E-state index contributed by atoms with van der Waals surface area (Å²) in [6.07, 6.45) is 7.86. The molecule has 0 aliphatic heterocycles. The Balaban J connectivity index is 1.78. The lowest BCUT2D eigenvalue weighted by atomic mass is 9.50. The van der Waals surface area contributed by atoms with Gasteiger partial charge in [-0.05, 0) is 83.9 Å². The zero-order valence-electron chi connectivity index (χ0n) is 15.4. The van der Waals surface area contributed by atoms with E-state index in [1.54, 1.807) is 0 Å². The smallest absolute Gasteiger partial charge is 0.115 e. The van der Waals surface area contributed by atoms with E-state index in [-0.39, 0.29) is 11.5 Å². The van der Waals surface area contributed by atoms with Crippen molar-refractivity contribution in [1.29, 1.82) is 0 Å². The molecule has 4 rings (SSSR count). The number of hydrogen-bond acceptors (Lipinski definition) is 2. The Morgan fingerprint density at radius 3 is 2.62 bits per heavy atom. The highest BCUT2D eigenvalue weighted by Crippen LogP contribution is 2.68. The van der Waals surface area contributed by atoms with Crippen LogP contribution in [0.4, 0.5) is 0 Å². The van der Waals surface area contributed by atoms with Crippen LogP contribution in [0.25, 0.3) is 0 Å². The first kappa shape index (κ1) is 16.4. The molecular formula is C22H32O2. The average molecular weight is 328 g/mol. The summed E-state index contributed by atoms with van der Waals surface area (Å²) in [6, 6.07) is 6.02. The summed E-state index contributed by atoms with van der Waals surface area (Å²) < 4.78 is 0. The molecule has 132 valence electrons. The van der Waals surface area contributed by atoms with Gasteiger partial charge in [0.2, 0.25) is 0 Å². The number of phenols is 1. The Kier molecular flexibility index (Phi) is 3.76. The van der Waals surface area contributed by atoms with Gasteiger partial charge < -0.3 is 10.2 Å². The predicted octanol–water partition coefficient (Wildman–Crippen LogP) is 5.03. The van der Waals surface area contributed by atoms with Crippen molar-refractivity contribution in [1.82, 2.24) is 0 Å². The van der Waals surface area contributed by atoms with Crippen LogP contribution in [0, 0.1) is 22.7 Å². The lowest BCUT2D eigenvalue weighted by molar-refractivity contribution is -0.0487. The summed E-state index contributed by atoms with van der Waals surface area (Å²) in [5, 5.41) is 20.8. The fourth-order valence-electron chi connectivity index (χ4n) is 7.06. The second-order valence-corrected chi connectivity index (χ2v) is 9.00. The molecule has 0 radical (unpaired) electrons. The lowest BCUT2D eigenvalue weighted by Crippen LogP contribution is -2.47. The fraction of sp³-hybridized carbons (Fsp3) is 0.727. The fourth-order valence-corrected chi connectivity index (χ4v) is 7.06. The van der Waals surface area contributed by atoms with E-state index in [1.165, 1.54) is 36.8 Å². The van der Waals surface area contributed by atoms with Gasteiger partial charge in [-0.2, -0.15) is 0 Å². The maximum atomic E-state index is 11.0. The molecule has 0 spiro atoms. The molecule has 0 saturated heterocycles. The maximum absolute atomic E-state index is 11.0. The molecule has 0 heterocycles. The van der Waals surface area contributed by atoms with Gasteiger partial charge in [0.05, 0.1) is 6.10 Å². The molecule has 1 aromatic rings. The van der Waals surface area contributed by atoms with Crippen LogP contribution in [-0.2, 0) is 6.42 Å². The average Bonchev–Trinajstić information content (AvgIpc) is 2.82. The number of hydrogen-bond donors (Lipinski definition) is 2. The molecule has 2 saturated carbocycles. The summed E-state index contributed by atoms with van der Waals surface area (Å²) >= 11 is 0.